The van der Waals surface area contributed by atoms with Gasteiger partial charge in [-0.2, -0.15) is 0 Å². The quantitative estimate of drug-likeness (QED) is 0.606. The fourth-order valence-electron chi connectivity index (χ4n) is 4.08. The van der Waals surface area contributed by atoms with Crippen LogP contribution in [0.1, 0.15) is 24.0 Å². The number of rotatable bonds is 6. The van der Waals surface area contributed by atoms with Crippen LogP contribution in [-0.2, 0) is 16.9 Å². The maximum atomic E-state index is 12.7. The average molecular weight is 409 g/mol. The zero-order valence-corrected chi connectivity index (χ0v) is 17.0. The molecular formula is C23H24N2O3S. The number of benzene rings is 2. The summed E-state index contributed by atoms with van der Waals surface area (Å²) in [6.07, 6.45) is 6.06. The van der Waals surface area contributed by atoms with Gasteiger partial charge in [-0.15, -0.1) is 0 Å². The fraction of sp³-hybridized carbons (Fsp3) is 0.304. The second-order valence-electron chi connectivity index (χ2n) is 7.54. The van der Waals surface area contributed by atoms with Crippen LogP contribution >= 0.6 is 0 Å². The number of nitrogens with one attached hydrogen (secondary N) is 2. The predicted octanol–water partition coefficient (Wildman–Crippen LogP) is 3.98. The van der Waals surface area contributed by atoms with Crippen molar-refractivity contribution in [1.29, 1.82) is 0 Å². The van der Waals surface area contributed by atoms with Crippen LogP contribution in [0.3, 0.4) is 0 Å². The Bertz CT molecular complexity index is 1050. The Balaban J connectivity index is 1.18. The molecule has 0 aliphatic carbocycles. The van der Waals surface area contributed by atoms with Gasteiger partial charge in [0.1, 0.15) is 11.5 Å². The lowest BCUT2D eigenvalue weighted by Crippen LogP contribution is -2.34. The van der Waals surface area contributed by atoms with Crippen molar-refractivity contribution in [3.05, 3.63) is 65.9 Å². The van der Waals surface area contributed by atoms with E-state index in [0.29, 0.717) is 24.3 Å². The van der Waals surface area contributed by atoms with E-state index >= 15 is 0 Å². The molecule has 0 spiro atoms. The maximum Gasteiger partial charge on any atom is 0.231 e. The summed E-state index contributed by atoms with van der Waals surface area (Å²) in [6.45, 7) is 1.13. The van der Waals surface area contributed by atoms with E-state index in [1.807, 2.05) is 24.4 Å². The third-order valence-corrected chi connectivity index (χ3v) is 6.97. The van der Waals surface area contributed by atoms with Crippen LogP contribution in [0.25, 0.3) is 16.5 Å². The van der Waals surface area contributed by atoms with Crippen LogP contribution in [0.4, 0.5) is 0 Å². The topological polar surface area (TPSA) is 69.3 Å². The van der Waals surface area contributed by atoms with E-state index in [9.17, 15) is 4.55 Å². The molecular weight excluding hydrogens is 384 g/mol. The van der Waals surface area contributed by atoms with Crippen molar-refractivity contribution in [2.45, 2.75) is 24.6 Å². The van der Waals surface area contributed by atoms with Crippen molar-refractivity contribution < 1.29 is 14.0 Å². The van der Waals surface area contributed by atoms with Crippen molar-refractivity contribution in [1.82, 2.24) is 10.3 Å². The molecule has 0 fully saturated rings. The molecule has 29 heavy (non-hydrogen) atoms. The van der Waals surface area contributed by atoms with Crippen LogP contribution in [0, 0.1) is 0 Å². The predicted molar refractivity (Wildman–Crippen MR) is 117 cm³/mol. The van der Waals surface area contributed by atoms with Crippen molar-refractivity contribution in [3.63, 3.8) is 0 Å². The van der Waals surface area contributed by atoms with E-state index in [1.165, 1.54) is 16.5 Å². The minimum Gasteiger partial charge on any atom is -0.616 e. The molecule has 0 amide bonds. The Hall–Kier alpha value is -2.41. The summed E-state index contributed by atoms with van der Waals surface area (Å²) in [5, 5.41) is 4.71. The summed E-state index contributed by atoms with van der Waals surface area (Å²) in [5.74, 6) is 2.93. The van der Waals surface area contributed by atoms with Gasteiger partial charge in [0.2, 0.25) is 6.79 Å². The largest absolute Gasteiger partial charge is 0.616 e. The van der Waals surface area contributed by atoms with E-state index in [0.717, 1.165) is 42.0 Å². The number of fused-ring (bicyclic) bond motifs is 2. The summed E-state index contributed by atoms with van der Waals surface area (Å²) in [6, 6.07) is 14.7. The molecule has 2 atom stereocenters. The maximum absolute atomic E-state index is 12.7. The molecule has 5 nitrogen and oxygen atoms in total. The van der Waals surface area contributed by atoms with E-state index in [1.54, 1.807) is 0 Å². The molecule has 3 heterocycles. The molecule has 0 radical (unpaired) electrons. The Morgan fingerprint density at radius 1 is 1.10 bits per heavy atom. The van der Waals surface area contributed by atoms with Gasteiger partial charge in [-0.1, -0.05) is 30.3 Å². The highest BCUT2D eigenvalue weighted by Crippen LogP contribution is 2.36. The third-order valence-electron chi connectivity index (χ3n) is 5.65. The minimum absolute atomic E-state index is 0.296. The molecule has 150 valence electrons. The molecule has 2 N–H and O–H groups in total. The summed E-state index contributed by atoms with van der Waals surface area (Å²) in [5.41, 5.74) is 4.73. The molecule has 0 bridgehead atoms. The van der Waals surface area contributed by atoms with Crippen molar-refractivity contribution >= 4 is 27.7 Å². The number of ether oxygens (including phenoxy) is 2. The normalized spacial score (nSPS) is 19.3. The van der Waals surface area contributed by atoms with Crippen LogP contribution in [0.15, 0.2) is 54.7 Å². The zero-order chi connectivity index (χ0) is 19.6. The Kier molecular flexibility index (Phi) is 5.23. The number of para-hydroxylation sites is 1. The molecule has 0 saturated heterocycles. The highest BCUT2D eigenvalue weighted by atomic mass is 32.2. The zero-order valence-electron chi connectivity index (χ0n) is 16.1. The van der Waals surface area contributed by atoms with E-state index in [-0.39, 0.29) is 0 Å². The number of H-pyrrole nitrogens is 1. The fourth-order valence-corrected chi connectivity index (χ4v) is 5.35. The molecule has 3 aromatic rings. The van der Waals surface area contributed by atoms with Gasteiger partial charge in [0, 0.05) is 41.7 Å². The van der Waals surface area contributed by atoms with Gasteiger partial charge in [0.15, 0.2) is 11.5 Å². The van der Waals surface area contributed by atoms with Crippen molar-refractivity contribution in [2.75, 3.05) is 19.1 Å². The van der Waals surface area contributed by atoms with Gasteiger partial charge in [0.25, 0.3) is 0 Å². The third kappa shape index (κ3) is 4.01. The molecule has 2 aromatic carbocycles. The standard InChI is InChI=1S/C23H24N2O3S/c26-29(14-18-13-25-21-4-2-1-3-20(18)21)10-8-19-11-17(7-9-24-19)16-5-6-22-23(12-16)28-15-27-22/h1-7,12-13,19,24-25H,8-11,14-15H2. The smallest absolute Gasteiger partial charge is 0.231 e. The first-order valence-electron chi connectivity index (χ1n) is 9.99. The molecule has 6 heteroatoms. The van der Waals surface area contributed by atoms with Crippen LogP contribution in [-0.4, -0.2) is 34.7 Å². The lowest BCUT2D eigenvalue weighted by Gasteiger charge is -2.25. The number of hydrogen-bond acceptors (Lipinski definition) is 4. The highest BCUT2D eigenvalue weighted by Gasteiger charge is 2.21. The molecule has 0 saturated carbocycles. The second-order valence-corrected chi connectivity index (χ2v) is 9.12. The lowest BCUT2D eigenvalue weighted by atomic mass is 9.94. The van der Waals surface area contributed by atoms with Gasteiger partial charge in [-0.25, -0.2) is 0 Å². The SMILES string of the molecule is [O-][S+](CCC1CC(c2ccc3c(c2)OCO3)=CCN1)Cc1c[nH]c2ccccc12. The van der Waals surface area contributed by atoms with Crippen molar-refractivity contribution in [2.24, 2.45) is 0 Å². The first-order valence-corrected chi connectivity index (χ1v) is 11.5. The lowest BCUT2D eigenvalue weighted by molar-refractivity contribution is 0.174. The Morgan fingerprint density at radius 2 is 2.00 bits per heavy atom. The number of aromatic nitrogens is 1. The van der Waals surface area contributed by atoms with Gasteiger partial charge in [-0.05, 0) is 46.9 Å². The minimum atomic E-state index is -0.879. The van der Waals surface area contributed by atoms with Crippen molar-refractivity contribution in [3.8, 4) is 11.5 Å². The molecule has 5 rings (SSSR count). The van der Waals surface area contributed by atoms with E-state index in [2.05, 4.69) is 40.6 Å². The first-order chi connectivity index (χ1) is 14.3. The highest BCUT2D eigenvalue weighted by molar-refractivity contribution is 7.90. The number of hydrogen-bond donors (Lipinski definition) is 2. The Morgan fingerprint density at radius 3 is 2.97 bits per heavy atom. The monoisotopic (exact) mass is 408 g/mol. The second kappa shape index (κ2) is 8.14. The number of aromatic amines is 1. The van der Waals surface area contributed by atoms with Gasteiger partial charge >= 0.3 is 0 Å². The molecule has 2 aliphatic heterocycles. The molecule has 1 aromatic heterocycles. The Labute approximate surface area is 173 Å². The summed E-state index contributed by atoms with van der Waals surface area (Å²) in [4.78, 5) is 3.27. The molecule has 2 unspecified atom stereocenters. The molecule has 2 aliphatic rings. The van der Waals surface area contributed by atoms with E-state index < -0.39 is 11.2 Å². The van der Waals surface area contributed by atoms with Crippen LogP contribution < -0.4 is 14.8 Å². The van der Waals surface area contributed by atoms with Gasteiger partial charge in [-0.3, -0.25) is 0 Å². The van der Waals surface area contributed by atoms with Gasteiger partial charge < -0.3 is 24.3 Å². The van der Waals surface area contributed by atoms with Crippen LogP contribution in [0.2, 0.25) is 0 Å². The first kappa shape index (κ1) is 18.6. The summed E-state index contributed by atoms with van der Waals surface area (Å²) >= 11 is -0.879. The van der Waals surface area contributed by atoms with Crippen LogP contribution in [0.5, 0.6) is 11.5 Å². The summed E-state index contributed by atoms with van der Waals surface area (Å²) in [7, 11) is 0. The van der Waals surface area contributed by atoms with Gasteiger partial charge in [0.05, 0.1) is 0 Å². The average Bonchev–Trinajstić information content (AvgIpc) is 3.39. The van der Waals surface area contributed by atoms with E-state index in [4.69, 9.17) is 9.47 Å². The summed E-state index contributed by atoms with van der Waals surface area (Å²) < 4.78 is 23.6.